The molecule has 0 aromatic heterocycles. The van der Waals surface area contributed by atoms with Crippen LogP contribution in [0, 0.1) is 28.1 Å². The quantitative estimate of drug-likeness (QED) is 0.481. The van der Waals surface area contributed by atoms with Gasteiger partial charge in [0.1, 0.15) is 24.3 Å². The van der Waals surface area contributed by atoms with Crippen LogP contribution >= 0.6 is 0 Å². The molecule has 1 heterocycles. The number of aliphatic hydroxyl groups excluding tert-OH is 1. The van der Waals surface area contributed by atoms with Crippen molar-refractivity contribution in [1.82, 2.24) is 4.90 Å². The molecule has 6 nitrogen and oxygen atoms in total. The summed E-state index contributed by atoms with van der Waals surface area (Å²) in [4.78, 5) is 14.4. The largest absolute Gasteiger partial charge is 0.459 e. The Hall–Kier alpha value is -2.31. The summed E-state index contributed by atoms with van der Waals surface area (Å²) < 4.78 is 4.90. The molecule has 0 atom stereocenters. The normalized spacial score (nSPS) is 22.0. The summed E-state index contributed by atoms with van der Waals surface area (Å²) in [5, 5.41) is 28.0. The number of nitrogens with zero attached hydrogens (tertiary/aromatic N) is 3. The van der Waals surface area contributed by atoms with Gasteiger partial charge in [0.05, 0.1) is 12.2 Å². The number of esters is 1. The average molecular weight is 329 g/mol. The summed E-state index contributed by atoms with van der Waals surface area (Å²) >= 11 is 0. The van der Waals surface area contributed by atoms with E-state index >= 15 is 0 Å². The molecule has 0 spiro atoms. The fourth-order valence-electron chi connectivity index (χ4n) is 3.39. The molecular formula is C18H23N3O3. The molecule has 1 aliphatic carbocycles. The molecular weight excluding hydrogens is 306 g/mol. The first-order valence-corrected chi connectivity index (χ1v) is 8.23. The lowest BCUT2D eigenvalue weighted by Crippen LogP contribution is -2.30. The monoisotopic (exact) mass is 329 g/mol. The van der Waals surface area contributed by atoms with E-state index in [1.807, 2.05) is 6.07 Å². The number of ether oxygens (including phenoxy) is 1. The zero-order valence-electron chi connectivity index (χ0n) is 14.3. The minimum absolute atomic E-state index is 0.121. The van der Waals surface area contributed by atoms with Gasteiger partial charge in [-0.3, -0.25) is 0 Å². The van der Waals surface area contributed by atoms with E-state index in [4.69, 9.17) is 9.84 Å². The second-order valence-corrected chi connectivity index (χ2v) is 6.97. The minimum atomic E-state index is -0.771. The van der Waals surface area contributed by atoms with Gasteiger partial charge in [0, 0.05) is 18.8 Å². The first-order valence-electron chi connectivity index (χ1n) is 8.23. The number of allylic oxidation sites excluding steroid dienone is 3. The molecule has 0 aromatic carbocycles. The van der Waals surface area contributed by atoms with Gasteiger partial charge in [-0.15, -0.1) is 0 Å². The molecule has 2 aliphatic rings. The van der Waals surface area contributed by atoms with Crippen molar-refractivity contribution in [3.63, 3.8) is 0 Å². The Bertz CT molecular complexity index is 656. The molecule has 0 radical (unpaired) electrons. The van der Waals surface area contributed by atoms with E-state index in [1.54, 1.807) is 0 Å². The molecule has 128 valence electrons. The summed E-state index contributed by atoms with van der Waals surface area (Å²) in [5.41, 5.74) is 1.58. The number of carbonyl (C=O) groups excluding carboxylic acids is 1. The van der Waals surface area contributed by atoms with Gasteiger partial charge in [0.25, 0.3) is 0 Å². The van der Waals surface area contributed by atoms with Crippen LogP contribution in [0.25, 0.3) is 0 Å². The maximum atomic E-state index is 12.2. The van der Waals surface area contributed by atoms with Crippen molar-refractivity contribution in [3.05, 3.63) is 22.4 Å². The Kier molecular flexibility index (Phi) is 5.64. The van der Waals surface area contributed by atoms with Crippen LogP contribution in [-0.4, -0.2) is 42.3 Å². The zero-order chi connectivity index (χ0) is 17.7. The van der Waals surface area contributed by atoms with Crippen molar-refractivity contribution in [2.75, 3.05) is 26.3 Å². The van der Waals surface area contributed by atoms with E-state index in [9.17, 15) is 15.3 Å². The Balaban J connectivity index is 2.54. The molecule has 0 amide bonds. The third-order valence-corrected chi connectivity index (χ3v) is 4.43. The summed E-state index contributed by atoms with van der Waals surface area (Å²) in [5.74, 6) is -0.771. The number of hydrogen-bond acceptors (Lipinski definition) is 6. The summed E-state index contributed by atoms with van der Waals surface area (Å²) in [6, 6.07) is 4.13. The molecule has 1 saturated heterocycles. The second-order valence-electron chi connectivity index (χ2n) is 6.97. The van der Waals surface area contributed by atoms with Gasteiger partial charge in [-0.1, -0.05) is 13.8 Å². The highest BCUT2D eigenvalue weighted by atomic mass is 16.5. The van der Waals surface area contributed by atoms with Crippen molar-refractivity contribution in [3.8, 4) is 12.1 Å². The lowest BCUT2D eigenvalue weighted by Gasteiger charge is -2.37. The molecule has 2 rings (SSSR count). The highest BCUT2D eigenvalue weighted by Gasteiger charge is 2.36. The fourth-order valence-corrected chi connectivity index (χ4v) is 3.39. The molecule has 6 heteroatoms. The topological polar surface area (TPSA) is 97.4 Å². The number of rotatable bonds is 4. The van der Waals surface area contributed by atoms with Crippen LogP contribution in [-0.2, 0) is 9.53 Å². The number of hydrogen-bond donors (Lipinski definition) is 1. The lowest BCUT2D eigenvalue weighted by molar-refractivity contribution is -0.139. The molecule has 24 heavy (non-hydrogen) atoms. The first kappa shape index (κ1) is 18.0. The van der Waals surface area contributed by atoms with Crippen LogP contribution in [0.5, 0.6) is 0 Å². The standard InChI is InChI=1S/C18H23N3O3/c1-18(2)9-13(15(12-20)17(23)24-8-7-22)14(11-19)16(10-18)21-5-3-4-6-21/h22H,3-10H2,1-2H3/b15-13+. The van der Waals surface area contributed by atoms with Gasteiger partial charge < -0.3 is 14.7 Å². The maximum Gasteiger partial charge on any atom is 0.349 e. The van der Waals surface area contributed by atoms with Crippen LogP contribution < -0.4 is 0 Å². The van der Waals surface area contributed by atoms with Crippen LogP contribution in [0.1, 0.15) is 39.5 Å². The highest BCUT2D eigenvalue weighted by molar-refractivity contribution is 5.95. The Morgan fingerprint density at radius 2 is 1.96 bits per heavy atom. The SMILES string of the molecule is CC1(C)CC(N2CCCC2)=C(C#N)/C(=C(\C#N)C(=O)OCCO)C1. The van der Waals surface area contributed by atoms with E-state index in [1.165, 1.54) is 0 Å². The van der Waals surface area contributed by atoms with Crippen molar-refractivity contribution in [1.29, 1.82) is 10.5 Å². The van der Waals surface area contributed by atoms with E-state index in [2.05, 4.69) is 24.8 Å². The molecule has 1 fully saturated rings. The van der Waals surface area contributed by atoms with Gasteiger partial charge >= 0.3 is 5.97 Å². The lowest BCUT2D eigenvalue weighted by atomic mass is 9.72. The van der Waals surface area contributed by atoms with E-state index in [-0.39, 0.29) is 24.2 Å². The van der Waals surface area contributed by atoms with Crippen LogP contribution in [0.2, 0.25) is 0 Å². The van der Waals surface area contributed by atoms with E-state index in [0.29, 0.717) is 17.6 Å². The van der Waals surface area contributed by atoms with Crippen LogP contribution in [0.4, 0.5) is 0 Å². The smallest absolute Gasteiger partial charge is 0.349 e. The Labute approximate surface area is 142 Å². The predicted molar refractivity (Wildman–Crippen MR) is 87.1 cm³/mol. The number of carbonyl (C=O) groups is 1. The maximum absolute atomic E-state index is 12.2. The Morgan fingerprint density at radius 3 is 2.50 bits per heavy atom. The molecule has 0 aromatic rings. The Morgan fingerprint density at radius 1 is 1.29 bits per heavy atom. The van der Waals surface area contributed by atoms with Crippen molar-refractivity contribution >= 4 is 5.97 Å². The third-order valence-electron chi connectivity index (χ3n) is 4.43. The number of likely N-dealkylation sites (tertiary alicyclic amines) is 1. The van der Waals surface area contributed by atoms with Crippen LogP contribution in [0.15, 0.2) is 22.4 Å². The van der Waals surface area contributed by atoms with Gasteiger partial charge in [-0.05, 0) is 36.7 Å². The minimum Gasteiger partial charge on any atom is -0.459 e. The summed E-state index contributed by atoms with van der Waals surface area (Å²) in [6.07, 6.45) is 3.41. The molecule has 1 aliphatic heterocycles. The van der Waals surface area contributed by atoms with Crippen molar-refractivity contribution in [2.24, 2.45) is 5.41 Å². The summed E-state index contributed by atoms with van der Waals surface area (Å²) in [7, 11) is 0. The molecule has 0 saturated carbocycles. The average Bonchev–Trinajstić information content (AvgIpc) is 3.06. The predicted octanol–water partition coefficient (Wildman–Crippen LogP) is 2.04. The highest BCUT2D eigenvalue weighted by Crippen LogP contribution is 2.44. The molecule has 1 N–H and O–H groups in total. The zero-order valence-corrected chi connectivity index (χ0v) is 14.3. The van der Waals surface area contributed by atoms with Gasteiger partial charge in [0.15, 0.2) is 0 Å². The van der Waals surface area contributed by atoms with Gasteiger partial charge in [0.2, 0.25) is 0 Å². The molecule has 0 unspecified atom stereocenters. The van der Waals surface area contributed by atoms with Crippen LogP contribution in [0.3, 0.4) is 0 Å². The fraction of sp³-hybridized carbons (Fsp3) is 0.611. The number of aliphatic hydroxyl groups is 1. The second kappa shape index (κ2) is 7.51. The van der Waals surface area contributed by atoms with Crippen molar-refractivity contribution in [2.45, 2.75) is 39.5 Å². The van der Waals surface area contributed by atoms with Gasteiger partial charge in [-0.2, -0.15) is 10.5 Å². The molecule has 0 bridgehead atoms. The summed E-state index contributed by atoms with van der Waals surface area (Å²) in [6.45, 7) is 5.49. The third kappa shape index (κ3) is 3.77. The van der Waals surface area contributed by atoms with E-state index < -0.39 is 5.97 Å². The first-order chi connectivity index (χ1) is 11.4. The van der Waals surface area contributed by atoms with E-state index in [0.717, 1.165) is 38.0 Å². The van der Waals surface area contributed by atoms with Crippen molar-refractivity contribution < 1.29 is 14.6 Å². The van der Waals surface area contributed by atoms with Gasteiger partial charge in [-0.25, -0.2) is 4.79 Å². The number of nitriles is 2.